The number of nitrogens with zero attached hydrogens (tertiary/aromatic N) is 1. The minimum atomic E-state index is -0.148. The second-order valence-electron chi connectivity index (χ2n) is 7.71. The molecule has 0 atom stereocenters. The Bertz CT molecular complexity index is 1040. The van der Waals surface area contributed by atoms with E-state index in [2.05, 4.69) is 22.5 Å². The average molecular weight is 432 g/mol. The van der Waals surface area contributed by atoms with Crippen molar-refractivity contribution in [3.05, 3.63) is 65.2 Å². The molecule has 3 rings (SSSR count). The second kappa shape index (κ2) is 11.7. The number of carbonyl (C=O) groups excluding carboxylic acids is 3. The SMILES string of the molecule is CCCNC(=O)CCCC(=O)NCCC(=O)N1Cc2ccccc2C#Cc2ccccc21. The molecule has 32 heavy (non-hydrogen) atoms. The molecule has 0 spiro atoms. The standard InChI is InChI=1S/C26H29N3O3/c1-2-17-27-24(30)12-7-13-25(31)28-18-16-26(32)29-19-22-10-4-3-8-20(22)14-15-21-9-5-6-11-23(21)29/h3-6,8-11H,2,7,12-13,16-19H2,1H3,(H,27,30)(H,28,31). The quantitative estimate of drug-likeness (QED) is 0.599. The van der Waals surface area contributed by atoms with Crippen LogP contribution in [0, 0.1) is 11.8 Å². The number of anilines is 1. The first kappa shape index (κ1) is 23.1. The lowest BCUT2D eigenvalue weighted by Gasteiger charge is -2.26. The Labute approximate surface area is 189 Å². The van der Waals surface area contributed by atoms with Crippen LogP contribution in [0.25, 0.3) is 0 Å². The molecule has 1 heterocycles. The van der Waals surface area contributed by atoms with Crippen LogP contribution in [-0.4, -0.2) is 30.8 Å². The molecule has 6 heteroatoms. The van der Waals surface area contributed by atoms with Gasteiger partial charge in [-0.25, -0.2) is 0 Å². The molecule has 166 valence electrons. The van der Waals surface area contributed by atoms with Crippen LogP contribution in [0.2, 0.25) is 0 Å². The fraction of sp³-hybridized carbons (Fsp3) is 0.346. The topological polar surface area (TPSA) is 78.5 Å². The van der Waals surface area contributed by atoms with Gasteiger partial charge in [0.05, 0.1) is 12.2 Å². The molecule has 0 saturated heterocycles. The van der Waals surface area contributed by atoms with E-state index in [9.17, 15) is 14.4 Å². The minimum Gasteiger partial charge on any atom is -0.356 e. The van der Waals surface area contributed by atoms with Gasteiger partial charge in [0.15, 0.2) is 0 Å². The largest absolute Gasteiger partial charge is 0.356 e. The van der Waals surface area contributed by atoms with Crippen molar-refractivity contribution in [1.82, 2.24) is 10.6 Å². The van der Waals surface area contributed by atoms with Crippen molar-refractivity contribution in [3.8, 4) is 11.8 Å². The molecule has 1 aliphatic rings. The second-order valence-corrected chi connectivity index (χ2v) is 7.71. The van der Waals surface area contributed by atoms with Gasteiger partial charge in [0.2, 0.25) is 17.7 Å². The fourth-order valence-electron chi connectivity index (χ4n) is 3.50. The predicted molar refractivity (Wildman–Crippen MR) is 125 cm³/mol. The maximum Gasteiger partial charge on any atom is 0.229 e. The summed E-state index contributed by atoms with van der Waals surface area (Å²) in [5.41, 5.74) is 3.49. The number of hydrogen-bond donors (Lipinski definition) is 2. The molecule has 6 nitrogen and oxygen atoms in total. The first-order chi connectivity index (χ1) is 15.6. The Morgan fingerprint density at radius 3 is 2.22 bits per heavy atom. The highest BCUT2D eigenvalue weighted by atomic mass is 16.2. The third-order valence-corrected chi connectivity index (χ3v) is 5.21. The zero-order valence-corrected chi connectivity index (χ0v) is 18.4. The van der Waals surface area contributed by atoms with Gasteiger partial charge in [0.25, 0.3) is 0 Å². The number of hydrogen-bond acceptors (Lipinski definition) is 3. The van der Waals surface area contributed by atoms with Crippen LogP contribution in [0.4, 0.5) is 5.69 Å². The zero-order chi connectivity index (χ0) is 22.8. The van der Waals surface area contributed by atoms with Crippen LogP contribution < -0.4 is 15.5 Å². The number of benzene rings is 2. The van der Waals surface area contributed by atoms with E-state index in [0.717, 1.165) is 28.8 Å². The van der Waals surface area contributed by atoms with E-state index in [-0.39, 0.29) is 37.1 Å². The lowest BCUT2D eigenvalue weighted by atomic mass is 10.0. The first-order valence-corrected chi connectivity index (χ1v) is 11.1. The summed E-state index contributed by atoms with van der Waals surface area (Å²) < 4.78 is 0. The fourth-order valence-corrected chi connectivity index (χ4v) is 3.50. The summed E-state index contributed by atoms with van der Waals surface area (Å²) in [6.45, 7) is 3.34. The molecule has 3 amide bonds. The summed E-state index contributed by atoms with van der Waals surface area (Å²) in [5, 5.41) is 5.59. The van der Waals surface area contributed by atoms with Crippen LogP contribution in [0.1, 0.15) is 55.7 Å². The molecule has 0 fully saturated rings. The van der Waals surface area contributed by atoms with E-state index in [1.807, 2.05) is 55.5 Å². The first-order valence-electron chi connectivity index (χ1n) is 11.1. The number of fused-ring (bicyclic) bond motifs is 2. The van der Waals surface area contributed by atoms with Crippen molar-refractivity contribution in [2.45, 2.75) is 45.6 Å². The van der Waals surface area contributed by atoms with Crippen molar-refractivity contribution in [2.75, 3.05) is 18.0 Å². The Kier molecular flexibility index (Phi) is 8.44. The highest BCUT2D eigenvalue weighted by molar-refractivity contribution is 5.95. The van der Waals surface area contributed by atoms with E-state index < -0.39 is 0 Å². The van der Waals surface area contributed by atoms with Crippen LogP contribution in [-0.2, 0) is 20.9 Å². The molecule has 0 bridgehead atoms. The molecular formula is C26H29N3O3. The summed E-state index contributed by atoms with van der Waals surface area (Å²) in [7, 11) is 0. The van der Waals surface area contributed by atoms with Crippen LogP contribution in [0.15, 0.2) is 48.5 Å². The highest BCUT2D eigenvalue weighted by Gasteiger charge is 2.21. The molecule has 1 aliphatic heterocycles. The number of carbonyl (C=O) groups is 3. The highest BCUT2D eigenvalue weighted by Crippen LogP contribution is 2.25. The van der Waals surface area contributed by atoms with E-state index >= 15 is 0 Å². The molecule has 2 aromatic carbocycles. The molecule has 2 N–H and O–H groups in total. The molecule has 2 aromatic rings. The third-order valence-electron chi connectivity index (χ3n) is 5.21. The normalized spacial score (nSPS) is 11.7. The van der Waals surface area contributed by atoms with Crippen LogP contribution in [0.3, 0.4) is 0 Å². The minimum absolute atomic E-state index is 0.0334. The van der Waals surface area contributed by atoms with Gasteiger partial charge in [0.1, 0.15) is 0 Å². The summed E-state index contributed by atoms with van der Waals surface area (Å²) >= 11 is 0. The molecular weight excluding hydrogens is 402 g/mol. The van der Waals surface area contributed by atoms with Crippen molar-refractivity contribution >= 4 is 23.4 Å². The monoisotopic (exact) mass is 431 g/mol. The summed E-state index contributed by atoms with van der Waals surface area (Å²) in [6.07, 6.45) is 2.16. The van der Waals surface area contributed by atoms with Gasteiger partial charge in [-0.1, -0.05) is 49.1 Å². The lowest BCUT2D eigenvalue weighted by Crippen LogP contribution is -2.35. The summed E-state index contributed by atoms with van der Waals surface area (Å²) in [6, 6.07) is 15.4. The number of rotatable bonds is 9. The maximum atomic E-state index is 13.1. The van der Waals surface area contributed by atoms with Crippen LogP contribution >= 0.6 is 0 Å². The van der Waals surface area contributed by atoms with Gasteiger partial charge in [-0.05, 0) is 36.6 Å². The van der Waals surface area contributed by atoms with Crippen molar-refractivity contribution < 1.29 is 14.4 Å². The summed E-state index contributed by atoms with van der Waals surface area (Å²) in [4.78, 5) is 38.5. The van der Waals surface area contributed by atoms with Crippen LogP contribution in [0.5, 0.6) is 0 Å². The molecule has 0 saturated carbocycles. The van der Waals surface area contributed by atoms with Gasteiger partial charge in [-0.3, -0.25) is 14.4 Å². The smallest absolute Gasteiger partial charge is 0.229 e. The van der Waals surface area contributed by atoms with E-state index in [1.165, 1.54) is 0 Å². The van der Waals surface area contributed by atoms with E-state index in [4.69, 9.17) is 0 Å². The Balaban J connectivity index is 1.55. The Morgan fingerprint density at radius 2 is 1.47 bits per heavy atom. The molecule has 0 aliphatic carbocycles. The van der Waals surface area contributed by atoms with Gasteiger partial charge in [-0.2, -0.15) is 0 Å². The van der Waals surface area contributed by atoms with Gasteiger partial charge < -0.3 is 15.5 Å². The van der Waals surface area contributed by atoms with E-state index in [0.29, 0.717) is 25.9 Å². The van der Waals surface area contributed by atoms with Crippen molar-refractivity contribution in [1.29, 1.82) is 0 Å². The zero-order valence-electron chi connectivity index (χ0n) is 18.4. The third kappa shape index (κ3) is 6.45. The average Bonchev–Trinajstić information content (AvgIpc) is 2.79. The molecule has 0 aromatic heterocycles. The Morgan fingerprint density at radius 1 is 0.844 bits per heavy atom. The van der Waals surface area contributed by atoms with Crippen molar-refractivity contribution in [2.24, 2.45) is 0 Å². The van der Waals surface area contributed by atoms with Gasteiger partial charge in [-0.15, -0.1) is 0 Å². The van der Waals surface area contributed by atoms with Gasteiger partial charge >= 0.3 is 0 Å². The number of nitrogens with one attached hydrogen (secondary N) is 2. The number of amides is 3. The maximum absolute atomic E-state index is 13.1. The van der Waals surface area contributed by atoms with Gasteiger partial charge in [0, 0.05) is 43.5 Å². The van der Waals surface area contributed by atoms with Crippen molar-refractivity contribution in [3.63, 3.8) is 0 Å². The predicted octanol–water partition coefficient (Wildman–Crippen LogP) is 3.14. The lowest BCUT2D eigenvalue weighted by molar-refractivity contribution is -0.122. The number of para-hydroxylation sites is 1. The van der Waals surface area contributed by atoms with E-state index in [1.54, 1.807) is 4.90 Å². The Hall–Kier alpha value is -3.59. The summed E-state index contributed by atoms with van der Waals surface area (Å²) in [5.74, 6) is 6.13. The molecule has 0 radical (unpaired) electrons. The molecule has 0 unspecified atom stereocenters.